The van der Waals surface area contributed by atoms with Crippen molar-refractivity contribution in [2.45, 2.75) is 51.9 Å². The standard InChI is InChI=1S/C32H35ClO5/c1-20(2)26-17-27(23-10-12-24(33)13-11-23)31(21(3)4)38-32(26)28-16-25(14-15-29(28)37-19-30(34)35)36-18-22-8-6-5-7-9-22/h5-16,21,26-27,31-32H,1,17-19H2,2-4H3,(H,34,35)/t26-,27-,31-,32+/m1/s1. The van der Waals surface area contributed by atoms with E-state index in [2.05, 4.69) is 32.6 Å². The summed E-state index contributed by atoms with van der Waals surface area (Å²) in [6.07, 6.45) is 0.392. The van der Waals surface area contributed by atoms with E-state index in [0.717, 1.165) is 23.1 Å². The van der Waals surface area contributed by atoms with Crippen molar-refractivity contribution in [3.63, 3.8) is 0 Å². The highest BCUT2D eigenvalue weighted by molar-refractivity contribution is 6.30. The maximum Gasteiger partial charge on any atom is 0.341 e. The van der Waals surface area contributed by atoms with Gasteiger partial charge in [-0.15, -0.1) is 0 Å². The van der Waals surface area contributed by atoms with Gasteiger partial charge >= 0.3 is 5.97 Å². The van der Waals surface area contributed by atoms with Gasteiger partial charge in [0.2, 0.25) is 0 Å². The Morgan fingerprint density at radius 2 is 1.79 bits per heavy atom. The molecule has 0 radical (unpaired) electrons. The van der Waals surface area contributed by atoms with Crippen LogP contribution in [0.5, 0.6) is 11.5 Å². The number of rotatable bonds is 10. The van der Waals surface area contributed by atoms with Gasteiger partial charge in [-0.1, -0.05) is 80.1 Å². The molecule has 3 aromatic rings. The predicted octanol–water partition coefficient (Wildman–Crippen LogP) is 7.84. The summed E-state index contributed by atoms with van der Waals surface area (Å²) in [5.41, 5.74) is 4.00. The number of carboxylic acid groups (broad SMARTS) is 1. The summed E-state index contributed by atoms with van der Waals surface area (Å²) in [6.45, 7) is 10.6. The number of ether oxygens (including phenoxy) is 3. The smallest absolute Gasteiger partial charge is 0.341 e. The number of benzene rings is 3. The second-order valence-electron chi connectivity index (χ2n) is 10.3. The summed E-state index contributed by atoms with van der Waals surface area (Å²) in [4.78, 5) is 11.3. The Bertz CT molecular complexity index is 1240. The monoisotopic (exact) mass is 534 g/mol. The molecular formula is C32H35ClO5. The highest BCUT2D eigenvalue weighted by atomic mass is 35.5. The lowest BCUT2D eigenvalue weighted by Crippen LogP contribution is -2.39. The molecule has 38 heavy (non-hydrogen) atoms. The van der Waals surface area contributed by atoms with Crippen LogP contribution in [0.3, 0.4) is 0 Å². The molecule has 0 spiro atoms. The number of halogens is 1. The van der Waals surface area contributed by atoms with E-state index in [0.29, 0.717) is 23.1 Å². The lowest BCUT2D eigenvalue weighted by atomic mass is 9.73. The van der Waals surface area contributed by atoms with E-state index in [1.54, 1.807) is 12.1 Å². The molecule has 1 N–H and O–H groups in total. The van der Waals surface area contributed by atoms with Gasteiger partial charge in [0.25, 0.3) is 0 Å². The van der Waals surface area contributed by atoms with Crippen LogP contribution >= 0.6 is 11.6 Å². The van der Waals surface area contributed by atoms with Crippen LogP contribution in [-0.2, 0) is 16.1 Å². The van der Waals surface area contributed by atoms with Gasteiger partial charge in [-0.2, -0.15) is 0 Å². The lowest BCUT2D eigenvalue weighted by Gasteiger charge is -2.44. The fourth-order valence-electron chi connectivity index (χ4n) is 5.15. The molecule has 200 valence electrons. The van der Waals surface area contributed by atoms with Gasteiger partial charge in [-0.25, -0.2) is 4.79 Å². The molecule has 6 heteroatoms. The first kappa shape index (κ1) is 27.7. The largest absolute Gasteiger partial charge is 0.489 e. The number of carboxylic acids is 1. The van der Waals surface area contributed by atoms with Gasteiger partial charge in [0.15, 0.2) is 6.61 Å². The third-order valence-electron chi connectivity index (χ3n) is 7.05. The Kier molecular flexibility index (Phi) is 9.13. The summed E-state index contributed by atoms with van der Waals surface area (Å²) >= 11 is 6.17. The van der Waals surface area contributed by atoms with Crippen LogP contribution in [0, 0.1) is 11.8 Å². The van der Waals surface area contributed by atoms with Gasteiger partial charge < -0.3 is 19.3 Å². The summed E-state index contributed by atoms with van der Waals surface area (Å²) in [7, 11) is 0. The highest BCUT2D eigenvalue weighted by Crippen LogP contribution is 2.50. The number of carbonyl (C=O) groups is 1. The van der Waals surface area contributed by atoms with Crippen LogP contribution < -0.4 is 9.47 Å². The minimum atomic E-state index is -1.04. The summed E-state index contributed by atoms with van der Waals surface area (Å²) < 4.78 is 18.7. The fourth-order valence-corrected chi connectivity index (χ4v) is 5.27. The molecule has 0 unspecified atom stereocenters. The Hall–Kier alpha value is -3.28. The summed E-state index contributed by atoms with van der Waals surface area (Å²) in [5.74, 6) is 0.488. The van der Waals surface area contributed by atoms with E-state index in [1.807, 2.05) is 55.5 Å². The number of hydrogen-bond donors (Lipinski definition) is 1. The number of aliphatic carboxylic acids is 1. The van der Waals surface area contributed by atoms with Gasteiger partial charge in [0, 0.05) is 22.4 Å². The van der Waals surface area contributed by atoms with Crippen molar-refractivity contribution in [1.82, 2.24) is 0 Å². The zero-order valence-electron chi connectivity index (χ0n) is 22.1. The first-order valence-corrected chi connectivity index (χ1v) is 13.3. The molecule has 0 aromatic heterocycles. The van der Waals surface area contributed by atoms with E-state index in [1.165, 1.54) is 5.56 Å². The zero-order valence-corrected chi connectivity index (χ0v) is 22.9. The van der Waals surface area contributed by atoms with Crippen molar-refractivity contribution >= 4 is 17.6 Å². The van der Waals surface area contributed by atoms with Gasteiger partial charge in [0.05, 0.1) is 12.2 Å². The molecule has 4 atom stereocenters. The Labute approximate surface area is 230 Å². The normalized spacial score (nSPS) is 21.2. The molecule has 1 saturated heterocycles. The first-order valence-electron chi connectivity index (χ1n) is 12.9. The molecule has 5 nitrogen and oxygen atoms in total. The fraction of sp³-hybridized carbons (Fsp3) is 0.344. The Morgan fingerprint density at radius 1 is 1.08 bits per heavy atom. The minimum Gasteiger partial charge on any atom is -0.489 e. The van der Waals surface area contributed by atoms with Gasteiger partial charge in [-0.05, 0) is 60.7 Å². The maximum absolute atomic E-state index is 11.3. The Balaban J connectivity index is 1.69. The molecule has 0 saturated carbocycles. The first-order chi connectivity index (χ1) is 18.2. The van der Waals surface area contributed by atoms with E-state index in [9.17, 15) is 9.90 Å². The van der Waals surface area contributed by atoms with Crippen molar-refractivity contribution in [2.75, 3.05) is 6.61 Å². The second kappa shape index (κ2) is 12.5. The molecule has 0 bridgehead atoms. The summed E-state index contributed by atoms with van der Waals surface area (Å²) in [6, 6.07) is 23.4. The van der Waals surface area contributed by atoms with E-state index in [-0.39, 0.29) is 30.0 Å². The van der Waals surface area contributed by atoms with Crippen LogP contribution in [0.25, 0.3) is 0 Å². The van der Waals surface area contributed by atoms with E-state index in [4.69, 9.17) is 25.8 Å². The third kappa shape index (κ3) is 6.77. The maximum atomic E-state index is 11.3. The van der Waals surface area contributed by atoms with Crippen LogP contribution in [0.2, 0.25) is 5.02 Å². The van der Waals surface area contributed by atoms with Crippen molar-refractivity contribution < 1.29 is 24.1 Å². The summed E-state index contributed by atoms with van der Waals surface area (Å²) in [5, 5.41) is 9.97. The van der Waals surface area contributed by atoms with Crippen molar-refractivity contribution in [2.24, 2.45) is 11.8 Å². The second-order valence-corrected chi connectivity index (χ2v) is 10.7. The molecule has 1 aliphatic rings. The molecular weight excluding hydrogens is 500 g/mol. The minimum absolute atomic E-state index is 0.0118. The molecule has 1 fully saturated rings. The Morgan fingerprint density at radius 3 is 2.42 bits per heavy atom. The quantitative estimate of drug-likeness (QED) is 0.268. The van der Waals surface area contributed by atoms with Crippen molar-refractivity contribution in [1.29, 1.82) is 0 Å². The molecule has 0 aliphatic carbocycles. The van der Waals surface area contributed by atoms with E-state index < -0.39 is 12.6 Å². The van der Waals surface area contributed by atoms with Crippen LogP contribution in [0.15, 0.2) is 84.9 Å². The van der Waals surface area contributed by atoms with Gasteiger partial charge in [-0.3, -0.25) is 0 Å². The third-order valence-corrected chi connectivity index (χ3v) is 7.30. The van der Waals surface area contributed by atoms with Crippen LogP contribution in [0.1, 0.15) is 55.9 Å². The highest BCUT2D eigenvalue weighted by Gasteiger charge is 2.42. The van der Waals surface area contributed by atoms with Crippen LogP contribution in [-0.4, -0.2) is 23.8 Å². The topological polar surface area (TPSA) is 65.0 Å². The molecule has 1 heterocycles. The zero-order chi connectivity index (χ0) is 27.2. The van der Waals surface area contributed by atoms with Crippen molar-refractivity contribution in [3.05, 3.63) is 107 Å². The molecule has 4 rings (SSSR count). The predicted molar refractivity (Wildman–Crippen MR) is 150 cm³/mol. The lowest BCUT2D eigenvalue weighted by molar-refractivity contribution is -0.139. The SMILES string of the molecule is C=C(C)[C@H]1C[C@H](c2ccc(Cl)cc2)[C@@H](C(C)C)O[C@@H]1c1cc(OCc2ccccc2)ccc1OCC(=O)O. The average molecular weight is 535 g/mol. The van der Waals surface area contributed by atoms with Crippen molar-refractivity contribution in [3.8, 4) is 11.5 Å². The molecule has 3 aromatic carbocycles. The van der Waals surface area contributed by atoms with E-state index >= 15 is 0 Å². The molecule has 0 amide bonds. The number of hydrogen-bond acceptors (Lipinski definition) is 4. The van der Waals surface area contributed by atoms with Crippen LogP contribution in [0.4, 0.5) is 0 Å². The average Bonchev–Trinajstić information content (AvgIpc) is 2.91. The molecule has 1 aliphatic heterocycles. The van der Waals surface area contributed by atoms with Gasteiger partial charge in [0.1, 0.15) is 18.1 Å².